The fourth-order valence-electron chi connectivity index (χ4n) is 2.06. The first kappa shape index (κ1) is 11.6. The summed E-state index contributed by atoms with van der Waals surface area (Å²) in [6.07, 6.45) is 1.34. The van der Waals surface area contributed by atoms with Crippen molar-refractivity contribution in [3.63, 3.8) is 0 Å². The van der Waals surface area contributed by atoms with Gasteiger partial charge in [0.25, 0.3) is 0 Å². The standard InChI is InChI=1S/C13H20N2O/c14-10-13-11-15(8-9-16-13)7-6-12-4-2-1-3-5-12/h1-5,13H,6-11,14H2/t13-/m0/s1. The van der Waals surface area contributed by atoms with E-state index in [2.05, 4.69) is 35.2 Å². The molecule has 1 heterocycles. The number of benzene rings is 1. The first-order chi connectivity index (χ1) is 7.88. The summed E-state index contributed by atoms with van der Waals surface area (Å²) < 4.78 is 5.54. The summed E-state index contributed by atoms with van der Waals surface area (Å²) in [7, 11) is 0. The zero-order valence-electron chi connectivity index (χ0n) is 9.64. The maximum atomic E-state index is 5.62. The van der Waals surface area contributed by atoms with Gasteiger partial charge in [-0.2, -0.15) is 0 Å². The molecule has 1 atom stereocenters. The smallest absolute Gasteiger partial charge is 0.0824 e. The van der Waals surface area contributed by atoms with E-state index in [1.54, 1.807) is 0 Å². The third kappa shape index (κ3) is 3.30. The third-order valence-corrected chi connectivity index (χ3v) is 3.05. The van der Waals surface area contributed by atoms with E-state index in [9.17, 15) is 0 Å². The summed E-state index contributed by atoms with van der Waals surface area (Å²) >= 11 is 0. The molecule has 0 aromatic heterocycles. The predicted molar refractivity (Wildman–Crippen MR) is 65.4 cm³/mol. The lowest BCUT2D eigenvalue weighted by Crippen LogP contribution is -2.46. The average molecular weight is 220 g/mol. The van der Waals surface area contributed by atoms with Gasteiger partial charge in [-0.3, -0.25) is 4.90 Å². The van der Waals surface area contributed by atoms with Crippen LogP contribution in [0.1, 0.15) is 5.56 Å². The quantitative estimate of drug-likeness (QED) is 0.819. The minimum atomic E-state index is 0.226. The van der Waals surface area contributed by atoms with Crippen molar-refractivity contribution in [2.75, 3.05) is 32.8 Å². The molecule has 16 heavy (non-hydrogen) atoms. The van der Waals surface area contributed by atoms with Gasteiger partial charge in [0, 0.05) is 26.2 Å². The second-order valence-corrected chi connectivity index (χ2v) is 4.26. The van der Waals surface area contributed by atoms with Crippen molar-refractivity contribution in [1.82, 2.24) is 4.90 Å². The maximum Gasteiger partial charge on any atom is 0.0824 e. The minimum Gasteiger partial charge on any atom is -0.374 e. The molecule has 0 radical (unpaired) electrons. The molecule has 1 aliphatic rings. The second-order valence-electron chi connectivity index (χ2n) is 4.26. The number of rotatable bonds is 4. The highest BCUT2D eigenvalue weighted by Gasteiger charge is 2.18. The summed E-state index contributed by atoms with van der Waals surface area (Å²) in [4.78, 5) is 2.44. The van der Waals surface area contributed by atoms with Crippen LogP contribution < -0.4 is 5.73 Å². The maximum absolute atomic E-state index is 5.62. The molecule has 1 saturated heterocycles. The van der Waals surface area contributed by atoms with Gasteiger partial charge in [0.15, 0.2) is 0 Å². The Bertz CT molecular complexity index is 302. The van der Waals surface area contributed by atoms with Crippen LogP contribution in [0.25, 0.3) is 0 Å². The van der Waals surface area contributed by atoms with Crippen LogP contribution in [0.4, 0.5) is 0 Å². The molecule has 0 aliphatic carbocycles. The fraction of sp³-hybridized carbons (Fsp3) is 0.538. The summed E-state index contributed by atoms with van der Waals surface area (Å²) in [6.45, 7) is 4.55. The monoisotopic (exact) mass is 220 g/mol. The van der Waals surface area contributed by atoms with Gasteiger partial charge in [0.1, 0.15) is 0 Å². The van der Waals surface area contributed by atoms with E-state index in [4.69, 9.17) is 10.5 Å². The fourth-order valence-corrected chi connectivity index (χ4v) is 2.06. The number of hydrogen-bond donors (Lipinski definition) is 1. The predicted octanol–water partition coefficient (Wildman–Crippen LogP) is 0.889. The Hall–Kier alpha value is -0.900. The zero-order chi connectivity index (χ0) is 11.2. The molecule has 1 fully saturated rings. The molecule has 2 rings (SSSR count). The van der Waals surface area contributed by atoms with Crippen LogP contribution in [-0.4, -0.2) is 43.8 Å². The molecular weight excluding hydrogens is 200 g/mol. The summed E-state index contributed by atoms with van der Waals surface area (Å²) in [6, 6.07) is 10.6. The Morgan fingerprint density at radius 3 is 2.88 bits per heavy atom. The van der Waals surface area contributed by atoms with E-state index < -0.39 is 0 Å². The SMILES string of the molecule is NC[C@H]1CN(CCc2ccccc2)CCO1. The van der Waals surface area contributed by atoms with Crippen molar-refractivity contribution in [2.45, 2.75) is 12.5 Å². The van der Waals surface area contributed by atoms with Gasteiger partial charge in [0.05, 0.1) is 12.7 Å². The first-order valence-electron chi connectivity index (χ1n) is 5.96. The number of ether oxygens (including phenoxy) is 1. The van der Waals surface area contributed by atoms with Gasteiger partial charge in [-0.25, -0.2) is 0 Å². The van der Waals surface area contributed by atoms with Gasteiger partial charge in [-0.05, 0) is 12.0 Å². The van der Waals surface area contributed by atoms with Crippen LogP contribution in [0.15, 0.2) is 30.3 Å². The Labute approximate surface area is 97.2 Å². The summed E-state index contributed by atoms with van der Waals surface area (Å²) in [5.74, 6) is 0. The van der Waals surface area contributed by atoms with Gasteiger partial charge >= 0.3 is 0 Å². The highest BCUT2D eigenvalue weighted by molar-refractivity contribution is 5.14. The number of nitrogens with zero attached hydrogens (tertiary/aromatic N) is 1. The van der Waals surface area contributed by atoms with Crippen molar-refractivity contribution >= 4 is 0 Å². The molecular formula is C13H20N2O. The lowest BCUT2D eigenvalue weighted by molar-refractivity contribution is -0.0226. The average Bonchev–Trinajstić information content (AvgIpc) is 2.38. The van der Waals surface area contributed by atoms with Gasteiger partial charge in [-0.15, -0.1) is 0 Å². The van der Waals surface area contributed by atoms with Crippen molar-refractivity contribution in [2.24, 2.45) is 5.73 Å². The van der Waals surface area contributed by atoms with E-state index >= 15 is 0 Å². The van der Waals surface area contributed by atoms with E-state index in [0.717, 1.165) is 32.7 Å². The van der Waals surface area contributed by atoms with E-state index in [0.29, 0.717) is 6.54 Å². The van der Waals surface area contributed by atoms with Crippen molar-refractivity contribution < 1.29 is 4.74 Å². The Morgan fingerprint density at radius 2 is 2.12 bits per heavy atom. The zero-order valence-corrected chi connectivity index (χ0v) is 9.64. The minimum absolute atomic E-state index is 0.226. The highest BCUT2D eigenvalue weighted by atomic mass is 16.5. The summed E-state index contributed by atoms with van der Waals surface area (Å²) in [5, 5.41) is 0. The molecule has 1 aromatic rings. The van der Waals surface area contributed by atoms with Crippen LogP contribution in [-0.2, 0) is 11.2 Å². The number of morpholine rings is 1. The van der Waals surface area contributed by atoms with Gasteiger partial charge < -0.3 is 10.5 Å². The van der Waals surface area contributed by atoms with Crippen LogP contribution in [0.2, 0.25) is 0 Å². The molecule has 3 nitrogen and oxygen atoms in total. The normalized spacial score (nSPS) is 22.2. The van der Waals surface area contributed by atoms with E-state index in [1.807, 2.05) is 0 Å². The molecule has 88 valence electrons. The van der Waals surface area contributed by atoms with Gasteiger partial charge in [0.2, 0.25) is 0 Å². The first-order valence-corrected chi connectivity index (χ1v) is 5.96. The lowest BCUT2D eigenvalue weighted by atomic mass is 10.1. The van der Waals surface area contributed by atoms with Gasteiger partial charge in [-0.1, -0.05) is 30.3 Å². The lowest BCUT2D eigenvalue weighted by Gasteiger charge is -2.32. The molecule has 2 N–H and O–H groups in total. The Kier molecular flexibility index (Phi) is 4.34. The van der Waals surface area contributed by atoms with Crippen LogP contribution in [0.3, 0.4) is 0 Å². The third-order valence-electron chi connectivity index (χ3n) is 3.05. The topological polar surface area (TPSA) is 38.5 Å². The molecule has 0 saturated carbocycles. The van der Waals surface area contributed by atoms with E-state index in [-0.39, 0.29) is 6.10 Å². The van der Waals surface area contributed by atoms with Crippen LogP contribution in [0, 0.1) is 0 Å². The molecule has 3 heteroatoms. The molecule has 0 amide bonds. The molecule has 0 unspecified atom stereocenters. The van der Waals surface area contributed by atoms with E-state index in [1.165, 1.54) is 5.56 Å². The Balaban J connectivity index is 1.77. The number of nitrogens with two attached hydrogens (primary N) is 1. The van der Waals surface area contributed by atoms with Crippen molar-refractivity contribution in [3.8, 4) is 0 Å². The highest BCUT2D eigenvalue weighted by Crippen LogP contribution is 2.06. The number of hydrogen-bond acceptors (Lipinski definition) is 3. The largest absolute Gasteiger partial charge is 0.374 e. The van der Waals surface area contributed by atoms with Crippen molar-refractivity contribution in [3.05, 3.63) is 35.9 Å². The summed E-state index contributed by atoms with van der Waals surface area (Å²) in [5.41, 5.74) is 7.02. The Morgan fingerprint density at radius 1 is 1.31 bits per heavy atom. The second kappa shape index (κ2) is 5.99. The molecule has 0 bridgehead atoms. The van der Waals surface area contributed by atoms with Crippen LogP contribution in [0.5, 0.6) is 0 Å². The van der Waals surface area contributed by atoms with Crippen LogP contribution >= 0.6 is 0 Å². The molecule has 1 aromatic carbocycles. The van der Waals surface area contributed by atoms with Crippen molar-refractivity contribution in [1.29, 1.82) is 0 Å². The molecule has 0 spiro atoms. The molecule has 1 aliphatic heterocycles.